The monoisotopic (exact) mass is 270 g/mol. The molecule has 0 radical (unpaired) electrons. The SMILES string of the molecule is O=C(O)/C(F)=C1/CCc2cc(Br)ccc21. The quantitative estimate of drug-likeness (QED) is 0.796. The lowest BCUT2D eigenvalue weighted by molar-refractivity contribution is -0.134. The lowest BCUT2D eigenvalue weighted by Crippen LogP contribution is -1.97. The summed E-state index contributed by atoms with van der Waals surface area (Å²) in [5.74, 6) is -2.52. The first kappa shape index (κ1) is 10.4. The highest BCUT2D eigenvalue weighted by molar-refractivity contribution is 9.10. The van der Waals surface area contributed by atoms with Crippen LogP contribution in [0.1, 0.15) is 17.5 Å². The Hall–Kier alpha value is -1.16. The van der Waals surface area contributed by atoms with E-state index in [2.05, 4.69) is 15.9 Å². The summed E-state index contributed by atoms with van der Waals surface area (Å²) in [4.78, 5) is 10.5. The highest BCUT2D eigenvalue weighted by atomic mass is 79.9. The van der Waals surface area contributed by atoms with Crippen molar-refractivity contribution in [2.24, 2.45) is 0 Å². The van der Waals surface area contributed by atoms with E-state index >= 15 is 0 Å². The van der Waals surface area contributed by atoms with Crippen molar-refractivity contribution >= 4 is 27.5 Å². The van der Waals surface area contributed by atoms with Crippen LogP contribution in [0.25, 0.3) is 5.57 Å². The van der Waals surface area contributed by atoms with Gasteiger partial charge in [-0.1, -0.05) is 22.0 Å². The molecule has 1 aliphatic rings. The molecular formula is C11H8BrFO2. The molecule has 0 saturated heterocycles. The fraction of sp³-hybridized carbons (Fsp3) is 0.182. The molecule has 78 valence electrons. The second kappa shape index (κ2) is 3.77. The maximum absolute atomic E-state index is 13.3. The molecule has 0 fully saturated rings. The van der Waals surface area contributed by atoms with Crippen molar-refractivity contribution in [2.45, 2.75) is 12.8 Å². The van der Waals surface area contributed by atoms with Crippen LogP contribution in [0.5, 0.6) is 0 Å². The number of carboxylic acids is 1. The summed E-state index contributed by atoms with van der Waals surface area (Å²) in [7, 11) is 0. The van der Waals surface area contributed by atoms with E-state index in [1.54, 1.807) is 12.1 Å². The number of carbonyl (C=O) groups is 1. The van der Waals surface area contributed by atoms with Crippen LogP contribution in [0.4, 0.5) is 4.39 Å². The van der Waals surface area contributed by atoms with Crippen molar-refractivity contribution < 1.29 is 14.3 Å². The van der Waals surface area contributed by atoms with Crippen molar-refractivity contribution in [3.63, 3.8) is 0 Å². The Kier molecular flexibility index (Phi) is 2.61. The van der Waals surface area contributed by atoms with Crippen molar-refractivity contribution in [3.8, 4) is 0 Å². The van der Waals surface area contributed by atoms with E-state index in [0.29, 0.717) is 18.4 Å². The first-order chi connectivity index (χ1) is 7.09. The Bertz CT molecular complexity index is 466. The zero-order chi connectivity index (χ0) is 11.0. The van der Waals surface area contributed by atoms with Gasteiger partial charge in [0.1, 0.15) is 0 Å². The number of benzene rings is 1. The predicted octanol–water partition coefficient (Wildman–Crippen LogP) is 3.16. The normalized spacial score (nSPS) is 17.5. The molecule has 1 aromatic rings. The molecule has 0 atom stereocenters. The Morgan fingerprint density at radius 1 is 1.40 bits per heavy atom. The van der Waals surface area contributed by atoms with E-state index < -0.39 is 11.8 Å². The van der Waals surface area contributed by atoms with Gasteiger partial charge >= 0.3 is 5.97 Å². The summed E-state index contributed by atoms with van der Waals surface area (Å²) in [6, 6.07) is 5.45. The van der Waals surface area contributed by atoms with Gasteiger partial charge in [0.15, 0.2) is 0 Å². The molecule has 2 nitrogen and oxygen atoms in total. The first-order valence-electron chi connectivity index (χ1n) is 4.50. The van der Waals surface area contributed by atoms with Gasteiger partial charge in [0.05, 0.1) is 0 Å². The van der Waals surface area contributed by atoms with Crippen molar-refractivity contribution in [1.29, 1.82) is 0 Å². The Labute approximate surface area is 94.5 Å². The van der Waals surface area contributed by atoms with E-state index in [0.717, 1.165) is 15.6 Å². The molecular weight excluding hydrogens is 263 g/mol. The van der Waals surface area contributed by atoms with Crippen LogP contribution in [0.15, 0.2) is 28.5 Å². The second-order valence-corrected chi connectivity index (χ2v) is 4.31. The Balaban J connectivity index is 2.54. The van der Waals surface area contributed by atoms with Crippen LogP contribution >= 0.6 is 15.9 Å². The van der Waals surface area contributed by atoms with Crippen LogP contribution in [-0.4, -0.2) is 11.1 Å². The van der Waals surface area contributed by atoms with Crippen LogP contribution in [0, 0.1) is 0 Å². The summed E-state index contributed by atoms with van der Waals surface area (Å²) in [6.45, 7) is 0. The minimum absolute atomic E-state index is 0.310. The van der Waals surface area contributed by atoms with Crippen molar-refractivity contribution in [3.05, 3.63) is 39.6 Å². The molecule has 1 aliphatic carbocycles. The molecule has 0 aromatic heterocycles. The summed E-state index contributed by atoms with van der Waals surface area (Å²) in [5.41, 5.74) is 2.03. The van der Waals surface area contributed by atoms with Crippen molar-refractivity contribution in [2.75, 3.05) is 0 Å². The summed E-state index contributed by atoms with van der Waals surface area (Å²) in [6.07, 6.45) is 1.16. The van der Waals surface area contributed by atoms with Gasteiger partial charge < -0.3 is 5.11 Å². The van der Waals surface area contributed by atoms with Gasteiger partial charge in [0, 0.05) is 10.0 Å². The molecule has 1 N–H and O–H groups in total. The van der Waals surface area contributed by atoms with Crippen LogP contribution in [-0.2, 0) is 11.2 Å². The Morgan fingerprint density at radius 2 is 2.13 bits per heavy atom. The van der Waals surface area contributed by atoms with Crippen LogP contribution < -0.4 is 0 Å². The smallest absolute Gasteiger partial charge is 0.365 e. The van der Waals surface area contributed by atoms with E-state index in [-0.39, 0.29) is 0 Å². The third-order valence-corrected chi connectivity index (χ3v) is 2.98. The number of rotatable bonds is 1. The molecule has 2 rings (SSSR count). The zero-order valence-corrected chi connectivity index (χ0v) is 9.34. The number of allylic oxidation sites excluding steroid dienone is 1. The van der Waals surface area contributed by atoms with Gasteiger partial charge in [-0.2, -0.15) is 4.39 Å². The highest BCUT2D eigenvalue weighted by Crippen LogP contribution is 2.36. The summed E-state index contributed by atoms with van der Waals surface area (Å²) < 4.78 is 14.2. The number of aliphatic carboxylic acids is 1. The maximum Gasteiger partial charge on any atom is 0.365 e. The van der Waals surface area contributed by atoms with E-state index in [1.807, 2.05) is 6.07 Å². The first-order valence-corrected chi connectivity index (χ1v) is 5.29. The number of hydrogen-bond acceptors (Lipinski definition) is 1. The second-order valence-electron chi connectivity index (χ2n) is 3.40. The molecule has 0 unspecified atom stereocenters. The van der Waals surface area contributed by atoms with Crippen LogP contribution in [0.3, 0.4) is 0 Å². The fourth-order valence-corrected chi connectivity index (χ4v) is 2.22. The average Bonchev–Trinajstić information content (AvgIpc) is 2.59. The third-order valence-electron chi connectivity index (χ3n) is 2.49. The molecule has 15 heavy (non-hydrogen) atoms. The van der Waals surface area contributed by atoms with E-state index in [1.165, 1.54) is 0 Å². The fourth-order valence-electron chi connectivity index (χ4n) is 1.81. The minimum atomic E-state index is -1.49. The van der Waals surface area contributed by atoms with Gasteiger partial charge in [-0.25, -0.2) is 4.79 Å². The number of fused-ring (bicyclic) bond motifs is 1. The standard InChI is InChI=1S/C11H8BrFO2/c12-7-2-4-8-6(5-7)1-3-9(8)10(13)11(14)15/h2,4-5H,1,3H2,(H,14,15)/b10-9+. The van der Waals surface area contributed by atoms with Gasteiger partial charge in [0.2, 0.25) is 5.83 Å². The summed E-state index contributed by atoms with van der Waals surface area (Å²) in [5, 5.41) is 8.58. The lowest BCUT2D eigenvalue weighted by atomic mass is 10.1. The third kappa shape index (κ3) is 1.81. The van der Waals surface area contributed by atoms with Crippen LogP contribution in [0.2, 0.25) is 0 Å². The molecule has 0 heterocycles. The van der Waals surface area contributed by atoms with Gasteiger partial charge in [-0.05, 0) is 36.1 Å². The number of carboxylic acid groups (broad SMARTS) is 1. The molecule has 4 heteroatoms. The minimum Gasteiger partial charge on any atom is -0.476 e. The highest BCUT2D eigenvalue weighted by Gasteiger charge is 2.23. The molecule has 0 amide bonds. The largest absolute Gasteiger partial charge is 0.476 e. The van der Waals surface area contributed by atoms with E-state index in [4.69, 9.17) is 5.11 Å². The molecule has 0 bridgehead atoms. The zero-order valence-electron chi connectivity index (χ0n) is 7.76. The molecule has 1 aromatic carbocycles. The maximum atomic E-state index is 13.3. The Morgan fingerprint density at radius 3 is 2.80 bits per heavy atom. The number of hydrogen-bond donors (Lipinski definition) is 1. The molecule has 0 spiro atoms. The number of aryl methyl sites for hydroxylation is 1. The van der Waals surface area contributed by atoms with Gasteiger partial charge in [0.25, 0.3) is 0 Å². The molecule has 0 saturated carbocycles. The van der Waals surface area contributed by atoms with E-state index in [9.17, 15) is 9.18 Å². The predicted molar refractivity (Wildman–Crippen MR) is 58.1 cm³/mol. The van der Waals surface area contributed by atoms with Gasteiger partial charge in [-0.15, -0.1) is 0 Å². The van der Waals surface area contributed by atoms with Gasteiger partial charge in [-0.3, -0.25) is 0 Å². The van der Waals surface area contributed by atoms with Crippen molar-refractivity contribution in [1.82, 2.24) is 0 Å². The average molecular weight is 271 g/mol. The summed E-state index contributed by atoms with van der Waals surface area (Å²) >= 11 is 3.32. The number of halogens is 2. The lowest BCUT2D eigenvalue weighted by Gasteiger charge is -2.01. The topological polar surface area (TPSA) is 37.3 Å². The molecule has 0 aliphatic heterocycles.